The summed E-state index contributed by atoms with van der Waals surface area (Å²) in [5.41, 5.74) is 15.8. The summed E-state index contributed by atoms with van der Waals surface area (Å²) in [6, 6.07) is 31.8. The third kappa shape index (κ3) is 8.05. The normalized spacial score (nSPS) is 32.7. The van der Waals surface area contributed by atoms with E-state index in [1.54, 1.807) is 0 Å². The van der Waals surface area contributed by atoms with Crippen LogP contribution in [0.1, 0.15) is 124 Å². The summed E-state index contributed by atoms with van der Waals surface area (Å²) in [5.74, 6) is 7.97. The predicted octanol–water partition coefficient (Wildman–Crippen LogP) is 16.6. The van der Waals surface area contributed by atoms with E-state index in [1.165, 1.54) is 131 Å². The Morgan fingerprint density at radius 2 is 0.877 bits per heavy atom. The third-order valence-corrected chi connectivity index (χ3v) is 42.6. The van der Waals surface area contributed by atoms with Crippen LogP contribution in [0.4, 0.5) is 13.2 Å². The number of aryl methyl sites for hydroxylation is 2. The zero-order chi connectivity index (χ0) is 43.0. The van der Waals surface area contributed by atoms with Crippen molar-refractivity contribution in [3.63, 3.8) is 0 Å². The Labute approximate surface area is 401 Å². The van der Waals surface area contributed by atoms with Crippen LogP contribution in [0.25, 0.3) is 34.4 Å². The Morgan fingerprint density at radius 3 is 1.22 bits per heavy atom. The molecule has 0 saturated heterocycles. The fraction of sp³-hybridized carbons (Fsp3) is 0.517. The minimum atomic E-state index is -4.90. The molecule has 10 aliphatic carbocycles. The first-order chi connectivity index (χ1) is 30.2. The maximum atomic E-state index is 15.3. The van der Waals surface area contributed by atoms with Crippen molar-refractivity contribution >= 4 is 43.8 Å². The number of benzene rings is 4. The monoisotopic (exact) mass is 1010 g/mol. The molecule has 8 bridgehead atoms. The standard InChI is InChI=1S/2C27H29.C3H4F3.CH3.2ClH.H2Si.Zr/c2*1-17-5-7-21(8-6-17)25-4-2-3-22-10-20(16-27(22)25)15-26-23-11-18-9-19(13-23)14-24(26)12-18;1-2-3(4,5)6;;;;;/h2*2-8,10,16,18-19,23-24,26H,9,11-15H2,1H3;1-2H2;1H3;2*1H;1H2;. The zero-order valence-electron chi connectivity index (χ0n) is 38.7. The fourth-order valence-corrected chi connectivity index (χ4v) is 41.2. The van der Waals surface area contributed by atoms with Crippen LogP contribution in [0.15, 0.2) is 96.1 Å². The van der Waals surface area contributed by atoms with Gasteiger partial charge in [-0.05, 0) is 0 Å². The molecule has 0 aromatic heterocycles. The minimum absolute atomic E-state index is 0. The van der Waals surface area contributed by atoms with Crippen molar-refractivity contribution in [1.82, 2.24) is 0 Å². The Bertz CT molecular complexity index is 2390. The van der Waals surface area contributed by atoms with Gasteiger partial charge >= 0.3 is 380 Å². The topological polar surface area (TPSA) is 0 Å². The van der Waals surface area contributed by atoms with Crippen LogP contribution >= 0.6 is 24.8 Å². The third-order valence-electron chi connectivity index (χ3n) is 19.7. The molecule has 0 radical (unpaired) electrons. The summed E-state index contributed by atoms with van der Waals surface area (Å²) in [6.07, 6.45) is 16.3. The quantitative estimate of drug-likeness (QED) is 0.139. The van der Waals surface area contributed by atoms with E-state index in [0.717, 1.165) is 60.2 Å². The van der Waals surface area contributed by atoms with E-state index in [4.69, 9.17) is 0 Å². The van der Waals surface area contributed by atoms with Gasteiger partial charge in [-0.1, -0.05) is 0 Å². The van der Waals surface area contributed by atoms with Gasteiger partial charge in [0.1, 0.15) is 0 Å². The van der Waals surface area contributed by atoms with Gasteiger partial charge < -0.3 is 0 Å². The number of alkyl halides is 3. The second kappa shape index (κ2) is 17.1. The van der Waals surface area contributed by atoms with Crippen molar-refractivity contribution in [2.24, 2.45) is 59.2 Å². The van der Waals surface area contributed by atoms with E-state index < -0.39 is 30.0 Å². The van der Waals surface area contributed by atoms with Gasteiger partial charge in [-0.3, -0.25) is 0 Å². The summed E-state index contributed by atoms with van der Waals surface area (Å²) in [6.45, 7) is 6.52. The Hall–Kier alpha value is -2.17. The minimum Gasteiger partial charge on any atom is -0.147 e. The number of hydrogen-bond donors (Lipinski definition) is 0. The van der Waals surface area contributed by atoms with Crippen LogP contribution in [0.3, 0.4) is 0 Å². The molecule has 2 atom stereocenters. The maximum absolute atomic E-state index is 15.3. The average molecular weight is 1010 g/mol. The van der Waals surface area contributed by atoms with Crippen molar-refractivity contribution in [2.45, 2.75) is 120 Å². The molecule has 8 saturated carbocycles. The smallest absolute Gasteiger partial charge is 0.147 e. The molecule has 10 aliphatic rings. The van der Waals surface area contributed by atoms with Crippen molar-refractivity contribution in [3.8, 4) is 22.3 Å². The van der Waals surface area contributed by atoms with Crippen LogP contribution in [0, 0.1) is 73.0 Å². The van der Waals surface area contributed by atoms with Crippen LogP contribution in [0.2, 0.25) is 8.76 Å². The van der Waals surface area contributed by atoms with E-state index in [1.807, 2.05) is 0 Å². The van der Waals surface area contributed by atoms with E-state index in [2.05, 4.69) is 122 Å². The maximum Gasteiger partial charge on any atom is -0.147 e. The van der Waals surface area contributed by atoms with Gasteiger partial charge in [0.15, 0.2) is 0 Å². The molecular weight excluding hydrogens is 944 g/mol. The molecule has 4 aromatic rings. The molecular formula is C58H69Cl2F3SiZr. The molecule has 8 fully saturated rings. The molecule has 0 heterocycles. The van der Waals surface area contributed by atoms with Crippen LogP contribution in [-0.4, -0.2) is 13.1 Å². The Kier molecular flexibility index (Phi) is 12.2. The van der Waals surface area contributed by atoms with E-state index >= 15 is 13.2 Å². The van der Waals surface area contributed by atoms with Crippen LogP contribution in [0.5, 0.6) is 0 Å². The Morgan fingerprint density at radius 1 is 0.523 bits per heavy atom. The van der Waals surface area contributed by atoms with Crippen LogP contribution < -0.4 is 0 Å². The number of hydrogen-bond acceptors (Lipinski definition) is 0. The summed E-state index contributed by atoms with van der Waals surface area (Å²) in [7, 11) is 0. The summed E-state index contributed by atoms with van der Waals surface area (Å²) < 4.78 is 48.9. The molecule has 14 rings (SSSR count). The van der Waals surface area contributed by atoms with E-state index in [0.29, 0.717) is 16.0 Å². The van der Waals surface area contributed by atoms with E-state index in [-0.39, 0.29) is 32.1 Å². The molecule has 0 spiro atoms. The van der Waals surface area contributed by atoms with Crippen molar-refractivity contribution in [2.75, 3.05) is 0 Å². The summed E-state index contributed by atoms with van der Waals surface area (Å²) in [4.78, 5) is 0. The molecule has 0 nitrogen and oxygen atoms in total. The predicted molar refractivity (Wildman–Crippen MR) is 269 cm³/mol. The van der Waals surface area contributed by atoms with E-state index in [9.17, 15) is 0 Å². The van der Waals surface area contributed by atoms with Gasteiger partial charge in [0.05, 0.1) is 0 Å². The van der Waals surface area contributed by atoms with Gasteiger partial charge in [0.2, 0.25) is 0 Å². The van der Waals surface area contributed by atoms with Gasteiger partial charge in [0, 0.05) is 0 Å². The van der Waals surface area contributed by atoms with Crippen molar-refractivity contribution in [3.05, 3.63) is 129 Å². The number of fused-ring (bicyclic) bond motifs is 2. The van der Waals surface area contributed by atoms with Crippen molar-refractivity contribution < 1.29 is 30.6 Å². The second-order valence-electron chi connectivity index (χ2n) is 23.9. The summed E-state index contributed by atoms with van der Waals surface area (Å²) in [5, 5.41) is 0. The first-order valence-electron chi connectivity index (χ1n) is 25.2. The van der Waals surface area contributed by atoms with Crippen molar-refractivity contribution in [1.29, 1.82) is 0 Å². The van der Waals surface area contributed by atoms with Gasteiger partial charge in [-0.15, -0.1) is 24.8 Å². The molecule has 2 unspecified atom stereocenters. The first-order valence-corrected chi connectivity index (χ1v) is 38.1. The molecule has 65 heavy (non-hydrogen) atoms. The number of halogens is 5. The molecule has 7 heteroatoms. The average Bonchev–Trinajstić information content (AvgIpc) is 3.83. The SMILES string of the molecule is Cc1ccc(-c2cccc3c2C=C(CC2C4CC5CC(C4)CC2C5)[CH]3[Zr]([CH3])(=[SiH2])([CH2]CC(F)(F)F)[CH]2C(CC3C4CC5CC(C4)CC3C5)=Cc3c(-c4ccc(C)cc4)cccc32)cc1.Cl.Cl. The molecule has 4 aromatic carbocycles. The van der Waals surface area contributed by atoms with Gasteiger partial charge in [0.25, 0.3) is 0 Å². The first kappa shape index (κ1) is 46.6. The molecule has 0 amide bonds. The van der Waals surface area contributed by atoms with Gasteiger partial charge in [-0.2, -0.15) is 0 Å². The second-order valence-corrected chi connectivity index (χ2v) is 52.3. The molecule has 344 valence electrons. The largest absolute Gasteiger partial charge is 0.147 e. The molecule has 0 N–H and O–H groups in total. The number of rotatable bonds is 10. The van der Waals surface area contributed by atoms with Crippen LogP contribution in [-0.2, 0) is 17.4 Å². The Balaban J connectivity index is 0.00000249. The molecule has 0 aliphatic heterocycles. The zero-order valence-corrected chi connectivity index (χ0v) is 44.2. The fourth-order valence-electron chi connectivity index (χ4n) is 17.5. The van der Waals surface area contributed by atoms with Gasteiger partial charge in [-0.25, -0.2) is 0 Å². The summed E-state index contributed by atoms with van der Waals surface area (Å²) >= 11 is -4.90. The number of allylic oxidation sites excluding steroid dienone is 2.